The standard InChI is InChI=1S/C60H41N3/c1-4-14-42(15-5-1)44-24-31-49(32-25-44)61(50-33-26-45(27-34-50)43-16-6-2-7-17-43)51-35-28-46(29-36-51)47-30-38-59-55(40-47)53-20-10-13-23-58(53)63(59)52-37-39-60-56(41-52)54-21-11-12-22-57(54)62(60)48-18-8-3-9-19-48/h1-41H/i10D,13D,20D,23D,30D,38D,40D. The molecule has 12 aromatic rings. The third-order valence-electron chi connectivity index (χ3n) is 12.0. The zero-order valence-corrected chi connectivity index (χ0v) is 34.0. The Kier molecular flexibility index (Phi) is 7.21. The van der Waals surface area contributed by atoms with Crippen molar-refractivity contribution in [2.45, 2.75) is 0 Å². The molecule has 0 N–H and O–H groups in total. The van der Waals surface area contributed by atoms with Gasteiger partial charge in [-0.2, -0.15) is 0 Å². The highest BCUT2D eigenvalue weighted by atomic mass is 15.1. The average molecular weight is 811 g/mol. The maximum absolute atomic E-state index is 9.91. The predicted octanol–water partition coefficient (Wildman–Crippen LogP) is 16.4. The molecule has 12 rings (SSSR count). The second-order valence-electron chi connectivity index (χ2n) is 15.6. The van der Waals surface area contributed by atoms with Crippen LogP contribution in [0.2, 0.25) is 0 Å². The third kappa shape index (κ3) is 6.38. The number of aromatic nitrogens is 2. The summed E-state index contributed by atoms with van der Waals surface area (Å²) in [5.74, 6) is 0. The lowest BCUT2D eigenvalue weighted by Crippen LogP contribution is -2.09. The van der Waals surface area contributed by atoms with Gasteiger partial charge in [0.1, 0.15) is 0 Å². The van der Waals surface area contributed by atoms with Crippen LogP contribution in [0.4, 0.5) is 17.1 Å². The molecule has 0 spiro atoms. The molecule has 0 saturated carbocycles. The molecule has 0 saturated heterocycles. The van der Waals surface area contributed by atoms with Crippen molar-refractivity contribution >= 4 is 60.7 Å². The summed E-state index contributed by atoms with van der Waals surface area (Å²) in [5.41, 5.74) is 11.6. The molecule has 0 amide bonds. The minimum Gasteiger partial charge on any atom is -0.311 e. The van der Waals surface area contributed by atoms with Gasteiger partial charge < -0.3 is 14.0 Å². The third-order valence-corrected chi connectivity index (χ3v) is 12.0. The molecule has 2 aromatic heterocycles. The lowest BCUT2D eigenvalue weighted by Gasteiger charge is -2.26. The van der Waals surface area contributed by atoms with Gasteiger partial charge in [0.25, 0.3) is 0 Å². The molecule has 0 atom stereocenters. The number of nitrogens with zero attached hydrogens (tertiary/aromatic N) is 3. The van der Waals surface area contributed by atoms with Gasteiger partial charge in [0, 0.05) is 50.0 Å². The van der Waals surface area contributed by atoms with Crippen molar-refractivity contribution in [3.63, 3.8) is 0 Å². The van der Waals surface area contributed by atoms with E-state index in [2.05, 4.69) is 107 Å². The molecular weight excluding hydrogens is 763 g/mol. The van der Waals surface area contributed by atoms with Gasteiger partial charge in [-0.05, 0) is 124 Å². The quantitative estimate of drug-likeness (QED) is 0.149. The van der Waals surface area contributed by atoms with Crippen LogP contribution in [0.15, 0.2) is 249 Å². The molecule has 296 valence electrons. The Hall–Kier alpha value is -8.40. The van der Waals surface area contributed by atoms with Crippen LogP contribution in [-0.2, 0) is 0 Å². The fourth-order valence-electron chi connectivity index (χ4n) is 8.96. The van der Waals surface area contributed by atoms with Gasteiger partial charge in [0.2, 0.25) is 0 Å². The second kappa shape index (κ2) is 15.3. The van der Waals surface area contributed by atoms with E-state index < -0.39 is 12.1 Å². The summed E-state index contributed by atoms with van der Waals surface area (Å²) in [5, 5.41) is 2.21. The molecule has 10 aromatic carbocycles. The lowest BCUT2D eigenvalue weighted by molar-refractivity contribution is 1.17. The Balaban J connectivity index is 1.02. The first-order valence-electron chi connectivity index (χ1n) is 24.5. The van der Waals surface area contributed by atoms with Crippen LogP contribution in [0.25, 0.3) is 88.4 Å². The van der Waals surface area contributed by atoms with Crippen LogP contribution in [0.3, 0.4) is 0 Å². The van der Waals surface area contributed by atoms with Gasteiger partial charge in [-0.1, -0.05) is 158 Å². The Morgan fingerprint density at radius 2 is 0.778 bits per heavy atom. The van der Waals surface area contributed by atoms with E-state index in [9.17, 15) is 6.85 Å². The van der Waals surface area contributed by atoms with Crippen LogP contribution in [0, 0.1) is 0 Å². The summed E-state index contributed by atoms with van der Waals surface area (Å²) in [7, 11) is 0. The van der Waals surface area contributed by atoms with Gasteiger partial charge in [0.05, 0.1) is 31.7 Å². The average Bonchev–Trinajstić information content (AvgIpc) is 3.95. The second-order valence-corrected chi connectivity index (χ2v) is 15.6. The van der Waals surface area contributed by atoms with Crippen molar-refractivity contribution in [2.75, 3.05) is 4.90 Å². The van der Waals surface area contributed by atoms with Crippen molar-refractivity contribution < 1.29 is 9.60 Å². The lowest BCUT2D eigenvalue weighted by atomic mass is 10.0. The van der Waals surface area contributed by atoms with Gasteiger partial charge in [-0.25, -0.2) is 0 Å². The van der Waals surface area contributed by atoms with Crippen LogP contribution >= 0.6 is 0 Å². The molecule has 0 radical (unpaired) electrons. The summed E-state index contributed by atoms with van der Waals surface area (Å²) in [4.78, 5) is 2.16. The molecule has 0 fully saturated rings. The highest BCUT2D eigenvalue weighted by Gasteiger charge is 2.18. The first kappa shape index (κ1) is 29.8. The molecule has 2 heterocycles. The van der Waals surface area contributed by atoms with E-state index in [1.165, 1.54) is 0 Å². The van der Waals surface area contributed by atoms with Crippen molar-refractivity contribution in [3.05, 3.63) is 249 Å². The van der Waals surface area contributed by atoms with E-state index in [-0.39, 0.29) is 57.6 Å². The summed E-state index contributed by atoms with van der Waals surface area (Å²) in [6.45, 7) is 0. The SMILES string of the molecule is [2H]c1c([2H])c([2H])c2c(c1[2H])c1c([2H])c(-c3ccc(N(c4ccc(-c5ccccc5)cc4)c4ccc(-c5ccccc5)cc4)cc3)c([2H])c([2H])c1n2-c1ccc2c(c1)c1ccccc1n2-c1ccccc1. The van der Waals surface area contributed by atoms with Gasteiger partial charge >= 0.3 is 0 Å². The van der Waals surface area contributed by atoms with Gasteiger partial charge in [0.15, 0.2) is 0 Å². The number of rotatable bonds is 8. The summed E-state index contributed by atoms with van der Waals surface area (Å²) >= 11 is 0. The van der Waals surface area contributed by atoms with Crippen molar-refractivity contribution in [1.29, 1.82) is 0 Å². The number of benzene rings is 10. The fraction of sp³-hybridized carbons (Fsp3) is 0. The maximum atomic E-state index is 9.91. The minimum absolute atomic E-state index is 0.0934. The number of fused-ring (bicyclic) bond motifs is 6. The van der Waals surface area contributed by atoms with E-state index in [4.69, 9.17) is 2.74 Å². The molecule has 0 aliphatic carbocycles. The fourth-order valence-corrected chi connectivity index (χ4v) is 8.96. The van der Waals surface area contributed by atoms with E-state index in [0.29, 0.717) is 11.3 Å². The minimum atomic E-state index is -0.432. The van der Waals surface area contributed by atoms with E-state index in [1.54, 1.807) is 4.57 Å². The molecule has 0 aliphatic heterocycles. The van der Waals surface area contributed by atoms with Crippen LogP contribution in [0.5, 0.6) is 0 Å². The zero-order chi connectivity index (χ0) is 47.8. The van der Waals surface area contributed by atoms with E-state index >= 15 is 0 Å². The van der Waals surface area contributed by atoms with Gasteiger partial charge in [-0.15, -0.1) is 0 Å². The number of para-hydroxylation sites is 3. The van der Waals surface area contributed by atoms with Crippen molar-refractivity contribution in [3.8, 4) is 44.8 Å². The Bertz CT molecular complexity index is 3900. The van der Waals surface area contributed by atoms with Crippen LogP contribution in [0.1, 0.15) is 9.60 Å². The monoisotopic (exact) mass is 810 g/mol. The summed E-state index contributed by atoms with van der Waals surface area (Å²) < 4.78 is 69.2. The molecular formula is C60H41N3. The van der Waals surface area contributed by atoms with Crippen LogP contribution < -0.4 is 4.90 Å². The molecule has 3 nitrogen and oxygen atoms in total. The number of anilines is 3. The maximum Gasteiger partial charge on any atom is 0.0645 e. The topological polar surface area (TPSA) is 13.1 Å². The summed E-state index contributed by atoms with van der Waals surface area (Å²) in [6, 6.07) is 67.1. The Labute approximate surface area is 376 Å². The number of hydrogen-bond acceptors (Lipinski definition) is 1. The molecule has 0 unspecified atom stereocenters. The summed E-state index contributed by atoms with van der Waals surface area (Å²) in [6.07, 6.45) is 0. The largest absolute Gasteiger partial charge is 0.311 e. The van der Waals surface area contributed by atoms with Crippen molar-refractivity contribution in [1.82, 2.24) is 9.13 Å². The van der Waals surface area contributed by atoms with E-state index in [0.717, 1.165) is 66.8 Å². The van der Waals surface area contributed by atoms with Crippen molar-refractivity contribution in [2.24, 2.45) is 0 Å². The highest BCUT2D eigenvalue weighted by molar-refractivity contribution is 6.13. The predicted molar refractivity (Wildman–Crippen MR) is 266 cm³/mol. The smallest absolute Gasteiger partial charge is 0.0645 e. The molecule has 63 heavy (non-hydrogen) atoms. The van der Waals surface area contributed by atoms with Gasteiger partial charge in [-0.3, -0.25) is 0 Å². The first-order valence-corrected chi connectivity index (χ1v) is 21.0. The van der Waals surface area contributed by atoms with Crippen LogP contribution in [-0.4, -0.2) is 9.13 Å². The molecule has 0 aliphatic rings. The Morgan fingerprint density at radius 3 is 1.40 bits per heavy atom. The normalized spacial score (nSPS) is 13.0. The first-order chi connectivity index (χ1) is 34.2. The number of hydrogen-bond donors (Lipinski definition) is 0. The van der Waals surface area contributed by atoms with E-state index in [1.807, 2.05) is 109 Å². The molecule has 0 bridgehead atoms. The highest BCUT2D eigenvalue weighted by Crippen LogP contribution is 2.41. The molecule has 3 heteroatoms. The Morgan fingerprint density at radius 1 is 0.302 bits per heavy atom. The zero-order valence-electron chi connectivity index (χ0n) is 41.0.